The lowest BCUT2D eigenvalue weighted by Crippen LogP contribution is -2.51. The summed E-state index contributed by atoms with van der Waals surface area (Å²) in [5.41, 5.74) is 3.30. The Morgan fingerprint density at radius 1 is 1.03 bits per heavy atom. The van der Waals surface area contributed by atoms with E-state index in [-0.39, 0.29) is 53.6 Å². The third kappa shape index (κ3) is 8.30. The van der Waals surface area contributed by atoms with E-state index in [1.54, 1.807) is 23.0 Å². The molecule has 3 saturated heterocycles. The number of likely N-dealkylation sites (N-methyl/N-ethyl adjacent to an activating group) is 1. The lowest BCUT2D eigenvalue weighted by molar-refractivity contribution is -0.134. The van der Waals surface area contributed by atoms with Crippen LogP contribution in [0.3, 0.4) is 0 Å². The van der Waals surface area contributed by atoms with Gasteiger partial charge in [0, 0.05) is 88.2 Å². The normalized spacial score (nSPS) is 20.2. The van der Waals surface area contributed by atoms with E-state index >= 15 is 4.39 Å². The van der Waals surface area contributed by atoms with E-state index < -0.39 is 17.6 Å². The zero-order chi connectivity index (χ0) is 42.2. The summed E-state index contributed by atoms with van der Waals surface area (Å²) in [5, 5.41) is 14.6. The molecule has 60 heavy (non-hydrogen) atoms. The van der Waals surface area contributed by atoms with E-state index in [4.69, 9.17) is 16.3 Å². The number of fused-ring (bicyclic) bond motifs is 2. The Morgan fingerprint density at radius 3 is 2.57 bits per heavy atom. The lowest BCUT2D eigenvalue weighted by atomic mass is 9.93. The van der Waals surface area contributed by atoms with Gasteiger partial charge in [-0.1, -0.05) is 11.6 Å². The van der Waals surface area contributed by atoms with Gasteiger partial charge in [-0.05, 0) is 57.0 Å². The first-order valence-electron chi connectivity index (χ1n) is 20.2. The Kier molecular flexibility index (Phi) is 11.6. The van der Waals surface area contributed by atoms with Crippen molar-refractivity contribution in [2.45, 2.75) is 51.2 Å². The Bertz CT molecular complexity index is 2520. The third-order valence-electron chi connectivity index (χ3n) is 11.6. The Labute approximate surface area is 350 Å². The average molecular weight is 843 g/mol. The van der Waals surface area contributed by atoms with Crippen LogP contribution in [0, 0.1) is 5.92 Å². The second-order valence-electron chi connectivity index (χ2n) is 15.9. The maximum Gasteiger partial charge on any atom is 0.294 e. The average Bonchev–Trinajstić information content (AvgIpc) is 3.56. The molecule has 3 N–H and O–H groups in total. The molecule has 0 saturated carbocycles. The lowest BCUT2D eigenvalue weighted by Gasteiger charge is -2.40. The van der Waals surface area contributed by atoms with Crippen molar-refractivity contribution in [1.29, 1.82) is 0 Å². The number of imide groups is 1. The summed E-state index contributed by atoms with van der Waals surface area (Å²) < 4.78 is 24.8. The van der Waals surface area contributed by atoms with Gasteiger partial charge >= 0.3 is 0 Å². The van der Waals surface area contributed by atoms with Crippen LogP contribution >= 0.6 is 11.6 Å². The highest BCUT2D eigenvalue weighted by Gasteiger charge is 2.34. The highest BCUT2D eigenvalue weighted by atomic mass is 35.5. The van der Waals surface area contributed by atoms with E-state index in [9.17, 15) is 19.2 Å². The molecule has 1 aromatic carbocycles. The maximum atomic E-state index is 15.9. The first-order valence-corrected chi connectivity index (χ1v) is 20.6. The third-order valence-corrected chi connectivity index (χ3v) is 11.9. The SMILES string of the molecule is CNC(=O)COc1cc2cc(Nc3nc(N4CC[C@@H](CN5CCN(c6ccc7c(C8CCC(=O)NC8=O)nn(C)c7c6)CC5)[C@H](F)C4)ncc3Cl)cnc2n(C(C)C)c1=O. The van der Waals surface area contributed by atoms with Crippen LogP contribution in [0.5, 0.6) is 5.75 Å². The van der Waals surface area contributed by atoms with E-state index in [1.807, 2.05) is 31.9 Å². The quantitative estimate of drug-likeness (QED) is 0.164. The molecule has 3 aliphatic heterocycles. The highest BCUT2D eigenvalue weighted by Crippen LogP contribution is 2.34. The number of nitrogens with zero attached hydrogens (tertiary/aromatic N) is 9. The molecule has 0 bridgehead atoms. The minimum Gasteiger partial charge on any atom is -0.478 e. The molecular weight excluding hydrogens is 795 g/mol. The number of halogens is 2. The van der Waals surface area contributed by atoms with Crippen molar-refractivity contribution < 1.29 is 23.5 Å². The minimum absolute atomic E-state index is 0.0242. The van der Waals surface area contributed by atoms with Gasteiger partial charge in [0.15, 0.2) is 18.2 Å². The van der Waals surface area contributed by atoms with Gasteiger partial charge in [0.25, 0.3) is 11.5 Å². The molecule has 3 aliphatic rings. The van der Waals surface area contributed by atoms with Crippen LogP contribution in [0.15, 0.2) is 47.5 Å². The van der Waals surface area contributed by atoms with Crippen molar-refractivity contribution in [2.75, 3.05) is 74.6 Å². The van der Waals surface area contributed by atoms with Crippen molar-refractivity contribution in [3.05, 3.63) is 63.8 Å². The van der Waals surface area contributed by atoms with E-state index in [1.165, 1.54) is 17.8 Å². The summed E-state index contributed by atoms with van der Waals surface area (Å²) >= 11 is 6.54. The fraction of sp³-hybridized carbons (Fsp3) is 0.463. The number of alkyl halides is 1. The van der Waals surface area contributed by atoms with Crippen molar-refractivity contribution in [1.82, 2.24) is 44.8 Å². The number of nitrogens with one attached hydrogen (secondary N) is 3. The molecule has 0 aliphatic carbocycles. The topological polar surface area (TPSA) is 185 Å². The molecule has 316 valence electrons. The molecule has 17 nitrogen and oxygen atoms in total. The zero-order valence-electron chi connectivity index (χ0n) is 34.0. The number of piperazine rings is 1. The zero-order valence-corrected chi connectivity index (χ0v) is 34.7. The van der Waals surface area contributed by atoms with E-state index in [0.29, 0.717) is 66.5 Å². The molecule has 7 heterocycles. The molecule has 0 spiro atoms. The van der Waals surface area contributed by atoms with Gasteiger partial charge in [0.2, 0.25) is 17.8 Å². The number of aryl methyl sites for hydroxylation is 1. The van der Waals surface area contributed by atoms with Crippen molar-refractivity contribution >= 4 is 74.4 Å². The fourth-order valence-electron chi connectivity index (χ4n) is 8.34. The number of hydrogen-bond acceptors (Lipinski definition) is 13. The molecule has 3 atom stereocenters. The molecule has 3 amide bonds. The predicted molar refractivity (Wildman–Crippen MR) is 226 cm³/mol. The summed E-state index contributed by atoms with van der Waals surface area (Å²) in [6.07, 6.45) is 3.37. The molecule has 8 rings (SSSR count). The first kappa shape index (κ1) is 40.9. The van der Waals surface area contributed by atoms with E-state index in [0.717, 1.165) is 42.8 Å². The summed E-state index contributed by atoms with van der Waals surface area (Å²) in [7, 11) is 3.36. The Morgan fingerprint density at radius 2 is 1.83 bits per heavy atom. The smallest absolute Gasteiger partial charge is 0.294 e. The molecule has 1 unspecified atom stereocenters. The molecule has 19 heteroatoms. The number of pyridine rings is 2. The van der Waals surface area contributed by atoms with Crippen LogP contribution in [-0.4, -0.2) is 118 Å². The van der Waals surface area contributed by atoms with Gasteiger partial charge in [-0.3, -0.25) is 38.6 Å². The van der Waals surface area contributed by atoms with Crippen LogP contribution in [0.4, 0.5) is 27.5 Å². The number of ether oxygens (including phenoxy) is 1. The summed E-state index contributed by atoms with van der Waals surface area (Å²) in [6.45, 7) is 8.01. The Hall–Kier alpha value is -5.88. The number of amides is 3. The first-order chi connectivity index (χ1) is 28.9. The molecular formula is C41H48ClFN12O5. The van der Waals surface area contributed by atoms with Crippen LogP contribution in [0.25, 0.3) is 21.9 Å². The summed E-state index contributed by atoms with van der Waals surface area (Å²) in [4.78, 5) is 69.5. The van der Waals surface area contributed by atoms with Gasteiger partial charge in [-0.2, -0.15) is 10.1 Å². The second kappa shape index (κ2) is 17.0. The van der Waals surface area contributed by atoms with Crippen LogP contribution < -0.4 is 36.0 Å². The second-order valence-corrected chi connectivity index (χ2v) is 16.3. The van der Waals surface area contributed by atoms with E-state index in [2.05, 4.69) is 57.9 Å². The number of carbonyl (C=O) groups excluding carboxylic acids is 3. The Balaban J connectivity index is 0.879. The molecule has 5 aromatic rings. The van der Waals surface area contributed by atoms with Crippen molar-refractivity contribution in [3.8, 4) is 5.75 Å². The number of benzene rings is 1. The van der Waals surface area contributed by atoms with Crippen LogP contribution in [-0.2, 0) is 21.4 Å². The molecule has 4 aromatic heterocycles. The van der Waals surface area contributed by atoms with Gasteiger partial charge in [0.05, 0.1) is 41.8 Å². The number of rotatable bonds is 11. The summed E-state index contributed by atoms with van der Waals surface area (Å²) in [5.74, 6) is -0.784. The van der Waals surface area contributed by atoms with Crippen molar-refractivity contribution in [2.24, 2.45) is 13.0 Å². The predicted octanol–water partition coefficient (Wildman–Crippen LogP) is 3.68. The number of aromatic nitrogens is 6. The highest BCUT2D eigenvalue weighted by molar-refractivity contribution is 6.33. The minimum atomic E-state index is -1.08. The van der Waals surface area contributed by atoms with Crippen LogP contribution in [0.1, 0.15) is 50.8 Å². The molecule has 0 radical (unpaired) electrons. The largest absolute Gasteiger partial charge is 0.478 e. The van der Waals surface area contributed by atoms with Gasteiger partial charge in [-0.15, -0.1) is 0 Å². The number of piperidine rings is 2. The summed E-state index contributed by atoms with van der Waals surface area (Å²) in [6, 6.07) is 9.31. The van der Waals surface area contributed by atoms with Crippen LogP contribution in [0.2, 0.25) is 5.02 Å². The standard InChI is InChI=1S/C41H48ClFN12O5/c1-23(2)55-38-25(16-33(40(55)59)60-22-35(57)44-3)15-26(18-45-38)47-37-30(42)19-46-41(49-37)54-10-9-24(31(43)21-54)20-52-11-13-53(14-12-52)27-5-6-28-32(17-27)51(4)50-36(28)29-7-8-34(56)48-39(29)58/h5-6,15-19,23-24,29,31H,7-14,20-22H2,1-4H3,(H,44,57)(H,46,47,49)(H,48,56,58)/t24-,29?,31+/m0/s1. The number of hydrogen-bond donors (Lipinski definition) is 3. The number of anilines is 4. The number of carbonyl (C=O) groups is 3. The van der Waals surface area contributed by atoms with Gasteiger partial charge in [0.1, 0.15) is 16.8 Å². The monoisotopic (exact) mass is 842 g/mol. The van der Waals surface area contributed by atoms with Gasteiger partial charge in [-0.25, -0.2) is 14.4 Å². The van der Waals surface area contributed by atoms with Crippen molar-refractivity contribution in [3.63, 3.8) is 0 Å². The van der Waals surface area contributed by atoms with Gasteiger partial charge < -0.3 is 25.2 Å². The molecule has 3 fully saturated rings. The fourth-order valence-corrected chi connectivity index (χ4v) is 8.48. The maximum absolute atomic E-state index is 15.9.